The van der Waals surface area contributed by atoms with Gasteiger partial charge in [-0.1, -0.05) is 12.1 Å². The van der Waals surface area contributed by atoms with Gasteiger partial charge in [-0.05, 0) is 36.8 Å². The number of methoxy groups -OCH3 is 1. The molecule has 0 bridgehead atoms. The summed E-state index contributed by atoms with van der Waals surface area (Å²) < 4.78 is 16.2. The standard InChI is InChI=1S/C20H21NO5/c1-13-16(22)8-7-15-14(11-19(23)26-20(13)15)12-21-9-10-25-18-6-4-3-5-17(18)24-2/h3-8,11,21-22H,9-10,12H2,1-2H3. The number of rotatable bonds is 7. The normalized spacial score (nSPS) is 10.8. The molecule has 0 aliphatic heterocycles. The Kier molecular flexibility index (Phi) is 5.43. The highest BCUT2D eigenvalue weighted by Crippen LogP contribution is 2.27. The molecule has 0 saturated heterocycles. The minimum atomic E-state index is -0.437. The molecule has 0 unspecified atom stereocenters. The highest BCUT2D eigenvalue weighted by molar-refractivity contribution is 5.84. The molecule has 3 rings (SSSR count). The summed E-state index contributed by atoms with van der Waals surface area (Å²) in [5, 5.41) is 13.8. The van der Waals surface area contributed by atoms with E-state index in [-0.39, 0.29) is 5.75 Å². The summed E-state index contributed by atoms with van der Waals surface area (Å²) in [7, 11) is 1.60. The van der Waals surface area contributed by atoms with Gasteiger partial charge in [0, 0.05) is 30.1 Å². The molecular formula is C20H21NO5. The number of ether oxygens (including phenoxy) is 2. The first-order valence-corrected chi connectivity index (χ1v) is 8.32. The van der Waals surface area contributed by atoms with E-state index in [0.717, 1.165) is 10.9 Å². The molecule has 0 saturated carbocycles. The molecule has 3 aromatic rings. The fourth-order valence-electron chi connectivity index (χ4n) is 2.76. The van der Waals surface area contributed by atoms with Crippen molar-refractivity contribution < 1.29 is 19.0 Å². The van der Waals surface area contributed by atoms with Crippen LogP contribution in [0.15, 0.2) is 51.7 Å². The molecule has 0 aliphatic rings. The molecule has 1 heterocycles. The van der Waals surface area contributed by atoms with Crippen LogP contribution < -0.4 is 20.4 Å². The number of nitrogens with one attached hydrogen (secondary N) is 1. The quantitative estimate of drug-likeness (QED) is 0.501. The largest absolute Gasteiger partial charge is 0.508 e. The van der Waals surface area contributed by atoms with Gasteiger partial charge in [-0.2, -0.15) is 0 Å². The zero-order valence-corrected chi connectivity index (χ0v) is 14.7. The predicted octanol–water partition coefficient (Wildman–Crippen LogP) is 2.98. The van der Waals surface area contributed by atoms with Crippen molar-refractivity contribution in [3.05, 3.63) is 64.0 Å². The van der Waals surface area contributed by atoms with Crippen LogP contribution in [0.25, 0.3) is 11.0 Å². The third kappa shape index (κ3) is 3.81. The number of hydrogen-bond acceptors (Lipinski definition) is 6. The van der Waals surface area contributed by atoms with Crippen LogP contribution in [0.2, 0.25) is 0 Å². The zero-order valence-electron chi connectivity index (χ0n) is 14.7. The highest BCUT2D eigenvalue weighted by Gasteiger charge is 2.10. The van der Waals surface area contributed by atoms with E-state index in [2.05, 4.69) is 5.32 Å². The lowest BCUT2D eigenvalue weighted by Gasteiger charge is -2.12. The van der Waals surface area contributed by atoms with E-state index < -0.39 is 5.63 Å². The maximum absolute atomic E-state index is 11.8. The Hall–Kier alpha value is -2.99. The monoisotopic (exact) mass is 355 g/mol. The number of para-hydroxylation sites is 2. The summed E-state index contributed by atoms with van der Waals surface area (Å²) in [5.74, 6) is 1.49. The molecule has 2 aromatic carbocycles. The van der Waals surface area contributed by atoms with Crippen LogP contribution in [0.4, 0.5) is 0 Å². The number of phenols is 1. The first-order valence-electron chi connectivity index (χ1n) is 8.32. The smallest absolute Gasteiger partial charge is 0.336 e. The van der Waals surface area contributed by atoms with Gasteiger partial charge in [0.1, 0.15) is 17.9 Å². The Bertz CT molecular complexity index is 964. The zero-order chi connectivity index (χ0) is 18.5. The van der Waals surface area contributed by atoms with Gasteiger partial charge >= 0.3 is 5.63 Å². The first kappa shape index (κ1) is 17.8. The van der Waals surface area contributed by atoms with E-state index in [0.29, 0.717) is 42.3 Å². The van der Waals surface area contributed by atoms with Crippen molar-refractivity contribution in [1.82, 2.24) is 5.32 Å². The van der Waals surface area contributed by atoms with Gasteiger partial charge in [-0.3, -0.25) is 0 Å². The third-order valence-corrected chi connectivity index (χ3v) is 4.14. The molecule has 0 aliphatic carbocycles. The Labute approximate surface area is 151 Å². The molecule has 0 fully saturated rings. The second-order valence-electron chi connectivity index (χ2n) is 5.85. The Balaban J connectivity index is 1.63. The molecule has 26 heavy (non-hydrogen) atoms. The first-order chi connectivity index (χ1) is 12.6. The van der Waals surface area contributed by atoms with Crippen molar-refractivity contribution in [1.29, 1.82) is 0 Å². The number of aromatic hydroxyl groups is 1. The fourth-order valence-corrected chi connectivity index (χ4v) is 2.76. The third-order valence-electron chi connectivity index (χ3n) is 4.14. The van der Waals surface area contributed by atoms with Crippen LogP contribution in [-0.4, -0.2) is 25.4 Å². The molecule has 1 aromatic heterocycles. The van der Waals surface area contributed by atoms with E-state index in [1.54, 1.807) is 26.2 Å². The SMILES string of the molecule is COc1ccccc1OCCNCc1cc(=O)oc2c(C)c(O)ccc12. The second kappa shape index (κ2) is 7.93. The Morgan fingerprint density at radius 1 is 1.15 bits per heavy atom. The summed E-state index contributed by atoms with van der Waals surface area (Å²) in [6.07, 6.45) is 0. The molecule has 0 amide bonds. The average Bonchev–Trinajstić information content (AvgIpc) is 2.65. The van der Waals surface area contributed by atoms with E-state index >= 15 is 0 Å². The van der Waals surface area contributed by atoms with Crippen molar-refractivity contribution in [3.8, 4) is 17.2 Å². The number of phenolic OH excluding ortho intramolecular Hbond substituents is 1. The number of benzene rings is 2. The average molecular weight is 355 g/mol. The van der Waals surface area contributed by atoms with E-state index in [1.165, 1.54) is 6.07 Å². The Morgan fingerprint density at radius 2 is 1.92 bits per heavy atom. The Morgan fingerprint density at radius 3 is 2.69 bits per heavy atom. The van der Waals surface area contributed by atoms with Gasteiger partial charge in [-0.15, -0.1) is 0 Å². The van der Waals surface area contributed by atoms with Crippen molar-refractivity contribution in [2.75, 3.05) is 20.3 Å². The van der Waals surface area contributed by atoms with Crippen LogP contribution in [0, 0.1) is 6.92 Å². The predicted molar refractivity (Wildman–Crippen MR) is 99.1 cm³/mol. The van der Waals surface area contributed by atoms with Crippen LogP contribution in [0.1, 0.15) is 11.1 Å². The molecule has 0 radical (unpaired) electrons. The van der Waals surface area contributed by atoms with Gasteiger partial charge in [0.2, 0.25) is 0 Å². The molecule has 6 nitrogen and oxygen atoms in total. The maximum atomic E-state index is 11.8. The lowest BCUT2D eigenvalue weighted by Crippen LogP contribution is -2.21. The summed E-state index contributed by atoms with van der Waals surface area (Å²) in [6, 6.07) is 12.3. The van der Waals surface area contributed by atoms with Crippen molar-refractivity contribution in [3.63, 3.8) is 0 Å². The maximum Gasteiger partial charge on any atom is 0.336 e. The van der Waals surface area contributed by atoms with Crippen LogP contribution in [0.5, 0.6) is 17.2 Å². The van der Waals surface area contributed by atoms with Gasteiger partial charge in [0.15, 0.2) is 11.5 Å². The molecule has 6 heteroatoms. The van der Waals surface area contributed by atoms with Crippen molar-refractivity contribution in [2.45, 2.75) is 13.5 Å². The van der Waals surface area contributed by atoms with Crippen molar-refractivity contribution in [2.24, 2.45) is 0 Å². The van der Waals surface area contributed by atoms with Gasteiger partial charge in [0.05, 0.1) is 7.11 Å². The summed E-state index contributed by atoms with van der Waals surface area (Å²) >= 11 is 0. The van der Waals surface area contributed by atoms with Crippen LogP contribution in [0.3, 0.4) is 0 Å². The highest BCUT2D eigenvalue weighted by atomic mass is 16.5. The summed E-state index contributed by atoms with van der Waals surface area (Å²) in [4.78, 5) is 11.8. The minimum absolute atomic E-state index is 0.107. The van der Waals surface area contributed by atoms with Crippen molar-refractivity contribution >= 4 is 11.0 Å². The molecular weight excluding hydrogens is 334 g/mol. The molecule has 2 N–H and O–H groups in total. The van der Waals surface area contributed by atoms with Gasteiger partial charge in [-0.25, -0.2) is 4.79 Å². The summed E-state index contributed by atoms with van der Waals surface area (Å²) in [6.45, 7) is 3.26. The summed E-state index contributed by atoms with van der Waals surface area (Å²) in [5.41, 5.74) is 1.35. The molecule has 136 valence electrons. The second-order valence-corrected chi connectivity index (χ2v) is 5.85. The van der Waals surface area contributed by atoms with E-state index in [9.17, 15) is 9.90 Å². The lowest BCUT2D eigenvalue weighted by molar-refractivity contribution is 0.292. The topological polar surface area (TPSA) is 80.9 Å². The van der Waals surface area contributed by atoms with E-state index in [1.807, 2.05) is 24.3 Å². The molecule has 0 atom stereocenters. The number of aryl methyl sites for hydroxylation is 1. The van der Waals surface area contributed by atoms with Gasteiger partial charge < -0.3 is 24.3 Å². The molecule has 0 spiro atoms. The number of hydrogen-bond donors (Lipinski definition) is 2. The minimum Gasteiger partial charge on any atom is -0.508 e. The fraction of sp³-hybridized carbons (Fsp3) is 0.250. The van der Waals surface area contributed by atoms with Gasteiger partial charge in [0.25, 0.3) is 0 Å². The van der Waals surface area contributed by atoms with E-state index in [4.69, 9.17) is 13.9 Å². The lowest BCUT2D eigenvalue weighted by atomic mass is 10.1. The van der Waals surface area contributed by atoms with Crippen LogP contribution >= 0.6 is 0 Å². The number of fused-ring (bicyclic) bond motifs is 1. The van der Waals surface area contributed by atoms with Crippen LogP contribution in [-0.2, 0) is 6.54 Å².